The fraction of sp³-hybridized carbons (Fsp3) is 0.333. The summed E-state index contributed by atoms with van der Waals surface area (Å²) in [6, 6.07) is 5.92. The van der Waals surface area contributed by atoms with Crippen LogP contribution < -0.4 is 10.3 Å². The molecule has 0 amide bonds. The van der Waals surface area contributed by atoms with Gasteiger partial charge in [0, 0.05) is 48.3 Å². The lowest BCUT2D eigenvalue weighted by Crippen LogP contribution is -2.21. The molecule has 3 N–H and O–H groups in total. The quantitative estimate of drug-likeness (QED) is 0.626. The molecular weight excluding hydrogens is 374 g/mol. The Bertz CT molecular complexity index is 1210. The van der Waals surface area contributed by atoms with Gasteiger partial charge in [0.1, 0.15) is 17.6 Å². The molecule has 1 atom stereocenters. The predicted molar refractivity (Wildman–Crippen MR) is 109 cm³/mol. The van der Waals surface area contributed by atoms with Crippen molar-refractivity contribution in [3.8, 4) is 22.8 Å². The lowest BCUT2D eigenvalue weighted by Gasteiger charge is -2.13. The van der Waals surface area contributed by atoms with Gasteiger partial charge < -0.3 is 29.4 Å². The number of hydrogen-bond donors (Lipinski definition) is 3. The second kappa shape index (κ2) is 6.66. The van der Waals surface area contributed by atoms with Crippen LogP contribution in [0, 0.1) is 0 Å². The summed E-state index contributed by atoms with van der Waals surface area (Å²) in [6.07, 6.45) is -0.0396. The summed E-state index contributed by atoms with van der Waals surface area (Å²) < 4.78 is 8.18. The normalized spacial score (nSPS) is 15.7. The first-order chi connectivity index (χ1) is 13.7. The van der Waals surface area contributed by atoms with Gasteiger partial charge in [0.2, 0.25) is 0 Å². The second-order valence-corrected chi connectivity index (χ2v) is 7.81. The average Bonchev–Trinajstić information content (AvgIpc) is 2.82. The molecule has 0 saturated carbocycles. The zero-order chi connectivity index (χ0) is 21.0. The minimum Gasteiger partial charge on any atom is -0.506 e. The Labute approximate surface area is 167 Å². The average molecular weight is 397 g/mol. The number of aromatic carboxylic acids is 1. The molecule has 3 aromatic rings. The van der Waals surface area contributed by atoms with Gasteiger partial charge in [-0.1, -0.05) is 0 Å². The van der Waals surface area contributed by atoms with Crippen molar-refractivity contribution in [3.63, 3.8) is 0 Å². The highest BCUT2D eigenvalue weighted by Gasteiger charge is 2.29. The number of benzene rings is 1. The van der Waals surface area contributed by atoms with Gasteiger partial charge in [-0.25, -0.2) is 4.79 Å². The molecule has 3 heterocycles. The van der Waals surface area contributed by atoms with E-state index in [2.05, 4.69) is 20.5 Å². The molecule has 0 aliphatic carbocycles. The summed E-state index contributed by atoms with van der Waals surface area (Å²) >= 11 is 0. The number of carboxylic acid groups (broad SMARTS) is 1. The van der Waals surface area contributed by atoms with Gasteiger partial charge in [0.25, 0.3) is 5.56 Å². The van der Waals surface area contributed by atoms with Crippen LogP contribution in [-0.2, 0) is 20.0 Å². The molecule has 0 saturated heterocycles. The van der Waals surface area contributed by atoms with Gasteiger partial charge in [0.15, 0.2) is 5.56 Å². The number of aryl methyl sites for hydroxylation is 1. The number of fused-ring (bicyclic) bond motifs is 4. The largest absolute Gasteiger partial charge is 0.506 e. The van der Waals surface area contributed by atoms with E-state index in [1.807, 2.05) is 40.2 Å². The number of carboxylic acids is 1. The third-order valence-corrected chi connectivity index (χ3v) is 5.31. The van der Waals surface area contributed by atoms with Gasteiger partial charge in [-0.05, 0) is 33.2 Å². The Morgan fingerprint density at radius 2 is 2.07 bits per heavy atom. The molecule has 1 aliphatic heterocycles. The van der Waals surface area contributed by atoms with E-state index in [0.29, 0.717) is 22.6 Å². The molecule has 0 spiro atoms. The summed E-state index contributed by atoms with van der Waals surface area (Å²) in [5.41, 5.74) is 2.03. The molecular formula is C21H23N3O5. The maximum Gasteiger partial charge on any atom is 0.345 e. The molecule has 152 valence electrons. The standard InChI is InChI=1S/C21H23N3O5/c1-10-5-14-18(22-20(26)17(19(14)25)21(27)28)13-7-11-6-12(9-23(2)3)24(4)15(11)8-16(13)29-10/h6-8,10H,5,9H2,1-4H3,(H,27,28)(H2,22,25,26). The van der Waals surface area contributed by atoms with Gasteiger partial charge >= 0.3 is 5.97 Å². The van der Waals surface area contributed by atoms with Crippen molar-refractivity contribution in [3.05, 3.63) is 45.4 Å². The van der Waals surface area contributed by atoms with E-state index >= 15 is 0 Å². The number of nitrogens with one attached hydrogen (secondary N) is 1. The molecule has 2 aromatic heterocycles. The Balaban J connectivity index is 2.01. The lowest BCUT2D eigenvalue weighted by atomic mass is 9.98. The van der Waals surface area contributed by atoms with E-state index in [4.69, 9.17) is 4.74 Å². The van der Waals surface area contributed by atoms with Crippen LogP contribution in [0.2, 0.25) is 0 Å². The Hall–Kier alpha value is -3.26. The van der Waals surface area contributed by atoms with E-state index in [-0.39, 0.29) is 12.5 Å². The third-order valence-electron chi connectivity index (χ3n) is 5.31. The van der Waals surface area contributed by atoms with E-state index in [1.54, 1.807) is 0 Å². The fourth-order valence-corrected chi connectivity index (χ4v) is 3.99. The topological polar surface area (TPSA) is 108 Å². The van der Waals surface area contributed by atoms with Crippen molar-refractivity contribution in [1.82, 2.24) is 14.5 Å². The van der Waals surface area contributed by atoms with Crippen LogP contribution in [0.5, 0.6) is 11.5 Å². The van der Waals surface area contributed by atoms with Gasteiger partial charge in [0.05, 0.1) is 11.2 Å². The number of aromatic nitrogens is 2. The number of nitrogens with zero attached hydrogens (tertiary/aromatic N) is 2. The molecule has 1 aliphatic rings. The number of carbonyl (C=O) groups is 1. The van der Waals surface area contributed by atoms with Gasteiger partial charge in [-0.15, -0.1) is 0 Å². The first-order valence-electron chi connectivity index (χ1n) is 9.33. The monoisotopic (exact) mass is 397 g/mol. The zero-order valence-corrected chi connectivity index (χ0v) is 16.7. The summed E-state index contributed by atoms with van der Waals surface area (Å²) in [4.78, 5) is 28.5. The minimum atomic E-state index is -1.46. The van der Waals surface area contributed by atoms with E-state index in [0.717, 1.165) is 23.1 Å². The van der Waals surface area contributed by atoms with Gasteiger partial charge in [-0.2, -0.15) is 0 Å². The maximum atomic E-state index is 12.4. The SMILES string of the molecule is CC1Cc2c([nH]c(=O)c(C(=O)O)c2O)-c2cc3cc(CN(C)C)n(C)c3cc2O1. The number of aromatic hydroxyl groups is 1. The van der Waals surface area contributed by atoms with Crippen molar-refractivity contribution >= 4 is 16.9 Å². The number of hydrogen-bond acceptors (Lipinski definition) is 5. The Morgan fingerprint density at radius 1 is 1.34 bits per heavy atom. The Kier molecular flexibility index (Phi) is 4.38. The van der Waals surface area contributed by atoms with Crippen LogP contribution in [0.15, 0.2) is 23.0 Å². The molecule has 8 nitrogen and oxygen atoms in total. The van der Waals surface area contributed by atoms with Crippen molar-refractivity contribution in [2.75, 3.05) is 14.1 Å². The van der Waals surface area contributed by atoms with Gasteiger partial charge in [-0.3, -0.25) is 4.79 Å². The fourth-order valence-electron chi connectivity index (χ4n) is 3.99. The number of aromatic amines is 1. The van der Waals surface area contributed by atoms with Crippen molar-refractivity contribution in [2.45, 2.75) is 26.0 Å². The highest BCUT2D eigenvalue weighted by atomic mass is 16.5. The van der Waals surface area contributed by atoms with Crippen molar-refractivity contribution in [1.29, 1.82) is 0 Å². The van der Waals surface area contributed by atoms with Crippen LogP contribution >= 0.6 is 0 Å². The minimum absolute atomic E-state index is 0.273. The van der Waals surface area contributed by atoms with Crippen molar-refractivity contribution < 1.29 is 19.7 Å². The van der Waals surface area contributed by atoms with E-state index in [9.17, 15) is 19.8 Å². The number of rotatable bonds is 3. The van der Waals surface area contributed by atoms with Crippen LogP contribution in [0.25, 0.3) is 22.2 Å². The predicted octanol–water partition coefficient (Wildman–Crippen LogP) is 2.32. The molecule has 29 heavy (non-hydrogen) atoms. The first-order valence-corrected chi connectivity index (χ1v) is 9.33. The second-order valence-electron chi connectivity index (χ2n) is 7.81. The van der Waals surface area contributed by atoms with Crippen LogP contribution in [0.1, 0.15) is 28.5 Å². The van der Waals surface area contributed by atoms with Crippen LogP contribution in [0.3, 0.4) is 0 Å². The number of ether oxygens (including phenoxy) is 1. The molecule has 1 aromatic carbocycles. The third kappa shape index (κ3) is 3.05. The summed E-state index contributed by atoms with van der Waals surface area (Å²) in [7, 11) is 6.00. The molecule has 1 unspecified atom stereocenters. The first kappa shape index (κ1) is 19.1. The molecule has 8 heteroatoms. The molecule has 0 fully saturated rings. The van der Waals surface area contributed by atoms with Crippen molar-refractivity contribution in [2.24, 2.45) is 7.05 Å². The van der Waals surface area contributed by atoms with Crippen LogP contribution in [-0.4, -0.2) is 50.8 Å². The van der Waals surface area contributed by atoms with Crippen LogP contribution in [0.4, 0.5) is 0 Å². The molecule has 0 bridgehead atoms. The lowest BCUT2D eigenvalue weighted by molar-refractivity contribution is 0.0691. The summed E-state index contributed by atoms with van der Waals surface area (Å²) in [6.45, 7) is 2.61. The number of H-pyrrole nitrogens is 1. The molecule has 4 rings (SSSR count). The smallest absolute Gasteiger partial charge is 0.345 e. The zero-order valence-electron chi connectivity index (χ0n) is 16.7. The highest BCUT2D eigenvalue weighted by molar-refractivity contribution is 5.94. The molecule has 0 radical (unpaired) electrons. The summed E-state index contributed by atoms with van der Waals surface area (Å²) in [5.74, 6) is -1.38. The summed E-state index contributed by atoms with van der Waals surface area (Å²) in [5, 5.41) is 20.8. The van der Waals surface area contributed by atoms with E-state index in [1.165, 1.54) is 0 Å². The van der Waals surface area contributed by atoms with E-state index < -0.39 is 22.8 Å². The maximum absolute atomic E-state index is 12.4. The highest BCUT2D eigenvalue weighted by Crippen LogP contribution is 2.41. The Morgan fingerprint density at radius 3 is 2.72 bits per heavy atom. The number of pyridine rings is 1.